The minimum absolute atomic E-state index is 0.0889. The number of rotatable bonds is 11. The number of aromatic hydroxyl groups is 1. The monoisotopic (exact) mass is 524 g/mol. The molecule has 0 aliphatic carbocycles. The Labute approximate surface area is 214 Å². The van der Waals surface area contributed by atoms with Crippen molar-refractivity contribution in [1.29, 1.82) is 0 Å². The van der Waals surface area contributed by atoms with Crippen molar-refractivity contribution in [3.8, 4) is 39.9 Å². The fourth-order valence-electron chi connectivity index (χ4n) is 3.95. The summed E-state index contributed by atoms with van der Waals surface area (Å²) in [6.45, 7) is -0.442. The smallest absolute Gasteiger partial charge is 0.328 e. The van der Waals surface area contributed by atoms with Gasteiger partial charge in [-0.15, -0.1) is 0 Å². The SMILES string of the molecule is COc1cc(-c2nc(-c3ccc(OCCP(=O)(O)O)cc3)c(CCc3ccccc3)[nH]2)cc(CO)c1O. The van der Waals surface area contributed by atoms with Gasteiger partial charge >= 0.3 is 7.60 Å². The summed E-state index contributed by atoms with van der Waals surface area (Å²) in [6.07, 6.45) is 1.13. The number of aryl methyl sites for hydroxylation is 2. The highest BCUT2D eigenvalue weighted by molar-refractivity contribution is 7.51. The van der Waals surface area contributed by atoms with Gasteiger partial charge in [0, 0.05) is 22.4 Å². The van der Waals surface area contributed by atoms with Crippen LogP contribution >= 0.6 is 7.60 Å². The number of hydrogen-bond donors (Lipinski definition) is 5. The van der Waals surface area contributed by atoms with Crippen molar-refractivity contribution in [1.82, 2.24) is 9.97 Å². The van der Waals surface area contributed by atoms with Gasteiger partial charge in [-0.25, -0.2) is 4.98 Å². The number of aromatic amines is 1. The number of hydrogen-bond acceptors (Lipinski definition) is 6. The fourth-order valence-corrected chi connectivity index (χ4v) is 4.28. The molecule has 9 nitrogen and oxygen atoms in total. The Morgan fingerprint density at radius 1 is 0.973 bits per heavy atom. The lowest BCUT2D eigenvalue weighted by molar-refractivity contribution is 0.272. The molecule has 0 saturated carbocycles. The van der Waals surface area contributed by atoms with Crippen LogP contribution in [0.3, 0.4) is 0 Å². The zero-order chi connectivity index (χ0) is 26.4. The van der Waals surface area contributed by atoms with Crippen molar-refractivity contribution in [2.24, 2.45) is 0 Å². The van der Waals surface area contributed by atoms with Gasteiger partial charge in [-0.3, -0.25) is 4.57 Å². The first-order valence-electron chi connectivity index (χ1n) is 11.7. The largest absolute Gasteiger partial charge is 0.504 e. The van der Waals surface area contributed by atoms with E-state index in [1.807, 2.05) is 30.3 Å². The van der Waals surface area contributed by atoms with E-state index in [1.54, 1.807) is 24.3 Å². The van der Waals surface area contributed by atoms with E-state index in [4.69, 9.17) is 24.2 Å². The second-order valence-corrected chi connectivity index (χ2v) is 10.3. The van der Waals surface area contributed by atoms with Crippen molar-refractivity contribution >= 4 is 7.60 Å². The summed E-state index contributed by atoms with van der Waals surface area (Å²) >= 11 is 0. The second kappa shape index (κ2) is 11.6. The molecule has 1 heterocycles. The third-order valence-electron chi connectivity index (χ3n) is 5.88. The van der Waals surface area contributed by atoms with Crippen LogP contribution in [0, 0.1) is 0 Å². The Balaban J connectivity index is 1.66. The molecule has 4 rings (SSSR count). The van der Waals surface area contributed by atoms with E-state index < -0.39 is 7.60 Å². The highest BCUT2D eigenvalue weighted by atomic mass is 31.2. The molecule has 0 spiro atoms. The molecule has 0 amide bonds. The van der Waals surface area contributed by atoms with Gasteiger partial charge in [-0.2, -0.15) is 0 Å². The minimum Gasteiger partial charge on any atom is -0.504 e. The Kier molecular flexibility index (Phi) is 8.31. The normalized spacial score (nSPS) is 11.5. The van der Waals surface area contributed by atoms with E-state index in [1.165, 1.54) is 12.7 Å². The van der Waals surface area contributed by atoms with Crippen LogP contribution in [0.1, 0.15) is 16.8 Å². The molecule has 10 heteroatoms. The van der Waals surface area contributed by atoms with Gasteiger partial charge in [0.2, 0.25) is 0 Å². The number of nitrogens with zero attached hydrogens (tertiary/aromatic N) is 1. The van der Waals surface area contributed by atoms with Crippen LogP contribution in [0.5, 0.6) is 17.2 Å². The molecule has 0 unspecified atom stereocenters. The average molecular weight is 525 g/mol. The van der Waals surface area contributed by atoms with Crippen LogP contribution in [0.25, 0.3) is 22.6 Å². The Bertz CT molecular complexity index is 1360. The van der Waals surface area contributed by atoms with Gasteiger partial charge in [-0.1, -0.05) is 30.3 Å². The average Bonchev–Trinajstić information content (AvgIpc) is 3.32. The van der Waals surface area contributed by atoms with Gasteiger partial charge in [0.25, 0.3) is 0 Å². The molecular formula is C27H29N2O7P. The number of methoxy groups -OCH3 is 1. The summed E-state index contributed by atoms with van der Waals surface area (Å²) in [6, 6.07) is 20.6. The molecule has 1 aromatic heterocycles. The highest BCUT2D eigenvalue weighted by Crippen LogP contribution is 2.37. The zero-order valence-corrected chi connectivity index (χ0v) is 21.2. The van der Waals surface area contributed by atoms with Gasteiger partial charge in [0.15, 0.2) is 11.5 Å². The molecule has 0 fully saturated rings. The second-order valence-electron chi connectivity index (χ2n) is 8.50. The van der Waals surface area contributed by atoms with E-state index >= 15 is 0 Å². The summed E-state index contributed by atoms with van der Waals surface area (Å²) in [4.78, 5) is 26.3. The topological polar surface area (TPSA) is 145 Å². The molecule has 5 N–H and O–H groups in total. The molecule has 3 aromatic carbocycles. The molecule has 194 valence electrons. The number of aliphatic hydroxyl groups is 1. The van der Waals surface area contributed by atoms with Crippen molar-refractivity contribution in [2.45, 2.75) is 19.4 Å². The molecule has 0 aliphatic heterocycles. The van der Waals surface area contributed by atoms with E-state index in [2.05, 4.69) is 17.1 Å². The molecule has 0 aliphatic rings. The Morgan fingerprint density at radius 2 is 1.70 bits per heavy atom. The number of imidazole rings is 1. The Morgan fingerprint density at radius 3 is 2.35 bits per heavy atom. The maximum absolute atomic E-state index is 11.0. The van der Waals surface area contributed by atoms with Crippen LogP contribution in [-0.4, -0.2) is 49.8 Å². The predicted molar refractivity (Wildman–Crippen MR) is 140 cm³/mol. The van der Waals surface area contributed by atoms with Crippen LogP contribution in [-0.2, 0) is 24.0 Å². The number of nitrogens with one attached hydrogen (secondary N) is 1. The summed E-state index contributed by atoms with van der Waals surface area (Å²) in [7, 11) is -2.67. The van der Waals surface area contributed by atoms with Crippen LogP contribution in [0.4, 0.5) is 0 Å². The first-order chi connectivity index (χ1) is 17.8. The third kappa shape index (κ3) is 6.78. The molecule has 0 atom stereocenters. The number of phenols is 1. The van der Waals surface area contributed by atoms with E-state index in [9.17, 15) is 14.8 Å². The molecule has 0 radical (unpaired) electrons. The molecule has 0 bridgehead atoms. The van der Waals surface area contributed by atoms with Gasteiger partial charge in [0.1, 0.15) is 11.6 Å². The standard InChI is InChI=1S/C27H29N2O7P/c1-35-24-16-20(15-21(17-30)26(24)31)27-28-23(12-7-18-5-3-2-4-6-18)25(29-27)19-8-10-22(11-9-19)36-13-14-37(32,33)34/h2-6,8-11,15-16,30-31H,7,12-14,17H2,1H3,(H,28,29)(H2,32,33,34). The Hall–Kier alpha value is -3.62. The van der Waals surface area contributed by atoms with E-state index in [0.29, 0.717) is 29.1 Å². The van der Waals surface area contributed by atoms with Gasteiger partial charge in [0.05, 0.1) is 32.2 Å². The number of aromatic nitrogens is 2. The van der Waals surface area contributed by atoms with E-state index in [0.717, 1.165) is 23.4 Å². The first kappa shape index (κ1) is 26.4. The highest BCUT2D eigenvalue weighted by Gasteiger charge is 2.18. The lowest BCUT2D eigenvalue weighted by atomic mass is 10.0. The lowest BCUT2D eigenvalue weighted by Crippen LogP contribution is -2.03. The number of H-pyrrole nitrogens is 1. The van der Waals surface area contributed by atoms with E-state index in [-0.39, 0.29) is 30.9 Å². The maximum atomic E-state index is 11.0. The molecule has 37 heavy (non-hydrogen) atoms. The number of benzene rings is 3. The molecule has 0 saturated heterocycles. The maximum Gasteiger partial charge on any atom is 0.328 e. The van der Waals surface area contributed by atoms with Crippen LogP contribution in [0.15, 0.2) is 66.7 Å². The number of aliphatic hydroxyl groups excluding tert-OH is 1. The predicted octanol–water partition coefficient (Wildman–Crippen LogP) is 4.29. The fraction of sp³-hybridized carbons (Fsp3) is 0.222. The zero-order valence-electron chi connectivity index (χ0n) is 20.3. The summed E-state index contributed by atoms with van der Waals surface area (Å²) < 4.78 is 21.8. The first-order valence-corrected chi connectivity index (χ1v) is 13.5. The van der Waals surface area contributed by atoms with Crippen LogP contribution < -0.4 is 9.47 Å². The quantitative estimate of drug-likeness (QED) is 0.183. The summed E-state index contributed by atoms with van der Waals surface area (Å²) in [5.41, 5.74) is 4.66. The van der Waals surface area contributed by atoms with Crippen molar-refractivity contribution in [3.05, 3.63) is 83.6 Å². The van der Waals surface area contributed by atoms with Crippen molar-refractivity contribution in [3.63, 3.8) is 0 Å². The van der Waals surface area contributed by atoms with Gasteiger partial charge < -0.3 is 34.5 Å². The minimum atomic E-state index is -4.12. The van der Waals surface area contributed by atoms with Crippen molar-refractivity contribution < 1.29 is 34.0 Å². The summed E-state index contributed by atoms with van der Waals surface area (Å²) in [5, 5.41) is 20.0. The molecule has 4 aromatic rings. The summed E-state index contributed by atoms with van der Waals surface area (Å²) in [5.74, 6) is 1.18. The van der Waals surface area contributed by atoms with Crippen molar-refractivity contribution in [2.75, 3.05) is 19.9 Å². The number of ether oxygens (including phenoxy) is 2. The third-order valence-corrected chi connectivity index (χ3v) is 6.65. The van der Waals surface area contributed by atoms with Crippen LogP contribution in [0.2, 0.25) is 0 Å². The van der Waals surface area contributed by atoms with Gasteiger partial charge in [-0.05, 0) is 54.8 Å². The molecular weight excluding hydrogens is 495 g/mol. The lowest BCUT2D eigenvalue weighted by Gasteiger charge is -2.09.